The zero-order chi connectivity index (χ0) is 17.6. The number of alkyl halides is 3. The van der Waals surface area contributed by atoms with Crippen LogP contribution in [0, 0.1) is 0 Å². The Labute approximate surface area is 138 Å². The van der Waals surface area contributed by atoms with Crippen LogP contribution < -0.4 is 15.4 Å². The number of hydrogen-bond donors (Lipinski definition) is 2. The second-order valence-electron chi connectivity index (χ2n) is 5.71. The van der Waals surface area contributed by atoms with Crippen LogP contribution in [0.15, 0.2) is 24.3 Å². The summed E-state index contributed by atoms with van der Waals surface area (Å²) in [5.74, 6) is 0.530. The third-order valence-electron chi connectivity index (χ3n) is 3.80. The minimum absolute atomic E-state index is 0.216. The van der Waals surface area contributed by atoms with E-state index in [1.54, 1.807) is 24.3 Å². The molecule has 1 fully saturated rings. The highest BCUT2D eigenvalue weighted by Crippen LogP contribution is 2.25. The first kappa shape index (κ1) is 18.4. The van der Waals surface area contributed by atoms with Crippen molar-refractivity contribution in [2.75, 3.05) is 19.0 Å². The summed E-state index contributed by atoms with van der Waals surface area (Å²) < 4.78 is 46.7. The molecule has 0 spiro atoms. The Bertz CT molecular complexity index is 552. The van der Waals surface area contributed by atoms with Crippen LogP contribution in [0.3, 0.4) is 0 Å². The second kappa shape index (κ2) is 8.23. The van der Waals surface area contributed by atoms with Crippen LogP contribution in [0.2, 0.25) is 0 Å². The summed E-state index contributed by atoms with van der Waals surface area (Å²) in [7, 11) is 1.50. The van der Waals surface area contributed by atoms with E-state index in [0.717, 1.165) is 0 Å². The van der Waals surface area contributed by atoms with E-state index in [0.29, 0.717) is 37.1 Å². The predicted octanol–water partition coefficient (Wildman–Crippen LogP) is 3.71. The molecule has 0 radical (unpaired) electrons. The number of para-hydroxylation sites is 2. The molecule has 2 amide bonds. The Kier molecular flexibility index (Phi) is 6.30. The number of benzene rings is 1. The minimum Gasteiger partial charge on any atom is -0.495 e. The number of ether oxygens (including phenoxy) is 2. The van der Waals surface area contributed by atoms with Crippen molar-refractivity contribution >= 4 is 11.7 Å². The zero-order valence-corrected chi connectivity index (χ0v) is 13.4. The van der Waals surface area contributed by atoms with Crippen molar-refractivity contribution in [3.63, 3.8) is 0 Å². The van der Waals surface area contributed by atoms with E-state index < -0.39 is 24.9 Å². The van der Waals surface area contributed by atoms with Gasteiger partial charge in [0, 0.05) is 6.04 Å². The molecule has 0 heterocycles. The van der Waals surface area contributed by atoms with Crippen LogP contribution >= 0.6 is 0 Å². The van der Waals surface area contributed by atoms with Gasteiger partial charge in [-0.05, 0) is 37.8 Å². The highest BCUT2D eigenvalue weighted by atomic mass is 19.4. The Morgan fingerprint density at radius 2 is 2.04 bits per heavy atom. The number of carbonyl (C=O) groups is 1. The van der Waals surface area contributed by atoms with Crippen molar-refractivity contribution in [1.82, 2.24) is 5.32 Å². The van der Waals surface area contributed by atoms with Gasteiger partial charge < -0.3 is 20.1 Å². The Hall–Kier alpha value is -1.96. The lowest BCUT2D eigenvalue weighted by Gasteiger charge is -2.30. The third-order valence-corrected chi connectivity index (χ3v) is 3.80. The number of urea groups is 1. The zero-order valence-electron chi connectivity index (χ0n) is 13.4. The molecule has 1 aliphatic carbocycles. The lowest BCUT2D eigenvalue weighted by Crippen LogP contribution is -2.43. The number of halogens is 3. The maximum absolute atomic E-state index is 12.2. The molecule has 0 aromatic heterocycles. The van der Waals surface area contributed by atoms with Crippen LogP contribution in [0.5, 0.6) is 5.75 Å². The summed E-state index contributed by atoms with van der Waals surface area (Å²) in [6.07, 6.45) is -2.45. The fraction of sp³-hybridized carbons (Fsp3) is 0.562. The van der Waals surface area contributed by atoms with E-state index in [4.69, 9.17) is 9.47 Å². The van der Waals surface area contributed by atoms with Gasteiger partial charge in [-0.3, -0.25) is 0 Å². The van der Waals surface area contributed by atoms with Crippen molar-refractivity contribution in [3.8, 4) is 5.75 Å². The number of hydrogen-bond acceptors (Lipinski definition) is 3. The van der Waals surface area contributed by atoms with Crippen LogP contribution in [-0.2, 0) is 4.74 Å². The summed E-state index contributed by atoms with van der Waals surface area (Å²) in [6.45, 7) is -1.25. The highest BCUT2D eigenvalue weighted by Gasteiger charge is 2.31. The topological polar surface area (TPSA) is 59.6 Å². The molecule has 5 nitrogen and oxygen atoms in total. The average molecular weight is 346 g/mol. The number of anilines is 1. The lowest BCUT2D eigenvalue weighted by molar-refractivity contribution is -0.188. The van der Waals surface area contributed by atoms with Crippen LogP contribution in [-0.4, -0.2) is 38.1 Å². The van der Waals surface area contributed by atoms with Gasteiger partial charge in [0.2, 0.25) is 0 Å². The largest absolute Gasteiger partial charge is 0.495 e. The van der Waals surface area contributed by atoms with Gasteiger partial charge in [-0.2, -0.15) is 13.2 Å². The van der Waals surface area contributed by atoms with E-state index in [1.165, 1.54) is 7.11 Å². The molecule has 2 atom stereocenters. The smallest absolute Gasteiger partial charge is 0.411 e. The van der Waals surface area contributed by atoms with Gasteiger partial charge in [0.15, 0.2) is 0 Å². The molecule has 0 aliphatic heterocycles. The van der Waals surface area contributed by atoms with Crippen LogP contribution in [0.25, 0.3) is 0 Å². The Morgan fingerprint density at radius 1 is 1.29 bits per heavy atom. The number of rotatable bonds is 5. The molecule has 2 rings (SSSR count). The van der Waals surface area contributed by atoms with E-state index >= 15 is 0 Å². The summed E-state index contributed by atoms with van der Waals surface area (Å²) in [6, 6.07) is 6.34. The summed E-state index contributed by atoms with van der Waals surface area (Å²) >= 11 is 0. The first-order valence-corrected chi connectivity index (χ1v) is 7.76. The van der Waals surface area contributed by atoms with Crippen LogP contribution in [0.1, 0.15) is 25.7 Å². The summed E-state index contributed by atoms with van der Waals surface area (Å²) in [4.78, 5) is 12.1. The fourth-order valence-electron chi connectivity index (χ4n) is 2.73. The van der Waals surface area contributed by atoms with Gasteiger partial charge in [-0.1, -0.05) is 12.1 Å². The second-order valence-corrected chi connectivity index (χ2v) is 5.71. The molecule has 1 aromatic carbocycles. The van der Waals surface area contributed by atoms with E-state index in [9.17, 15) is 18.0 Å². The average Bonchev–Trinajstić information content (AvgIpc) is 2.53. The maximum atomic E-state index is 12.2. The molecule has 134 valence electrons. The predicted molar refractivity (Wildman–Crippen MR) is 83.2 cm³/mol. The number of nitrogens with one attached hydrogen (secondary N) is 2. The standard InChI is InChI=1S/C16H21F3N2O3/c1-23-14-8-3-2-7-13(14)21-15(22)20-11-5-4-6-12(9-11)24-10-16(17,18)19/h2-3,7-8,11-12H,4-6,9-10H2,1H3,(H2,20,21,22)/t11-,12+/m0/s1. The molecule has 8 heteroatoms. The minimum atomic E-state index is -4.33. The summed E-state index contributed by atoms with van der Waals surface area (Å²) in [5, 5.41) is 5.46. The highest BCUT2D eigenvalue weighted by molar-refractivity contribution is 5.91. The van der Waals surface area contributed by atoms with Gasteiger partial charge >= 0.3 is 12.2 Å². The van der Waals surface area contributed by atoms with E-state index in [2.05, 4.69) is 10.6 Å². The van der Waals surface area contributed by atoms with Gasteiger partial charge in [0.25, 0.3) is 0 Å². The van der Waals surface area contributed by atoms with Crippen molar-refractivity contribution in [2.45, 2.75) is 44.0 Å². The monoisotopic (exact) mass is 346 g/mol. The fourth-order valence-corrected chi connectivity index (χ4v) is 2.73. The molecular formula is C16H21F3N2O3. The Morgan fingerprint density at radius 3 is 2.75 bits per heavy atom. The van der Waals surface area contributed by atoms with E-state index in [-0.39, 0.29) is 6.04 Å². The number of amides is 2. The van der Waals surface area contributed by atoms with Gasteiger partial charge in [0.1, 0.15) is 12.4 Å². The Balaban J connectivity index is 1.83. The maximum Gasteiger partial charge on any atom is 0.411 e. The van der Waals surface area contributed by atoms with Crippen LogP contribution in [0.4, 0.5) is 23.7 Å². The first-order valence-electron chi connectivity index (χ1n) is 7.76. The molecule has 0 bridgehead atoms. The number of carbonyl (C=O) groups excluding carboxylic acids is 1. The van der Waals surface area contributed by atoms with E-state index in [1.807, 2.05) is 0 Å². The van der Waals surface area contributed by atoms with Crippen molar-refractivity contribution in [3.05, 3.63) is 24.3 Å². The normalized spacial score (nSPS) is 21.2. The lowest BCUT2D eigenvalue weighted by atomic mass is 9.93. The molecule has 1 aliphatic rings. The van der Waals surface area contributed by atoms with Gasteiger partial charge in [0.05, 0.1) is 18.9 Å². The first-order chi connectivity index (χ1) is 11.4. The summed E-state index contributed by atoms with van der Waals surface area (Å²) in [5.41, 5.74) is 0.526. The molecule has 1 saturated carbocycles. The molecule has 24 heavy (non-hydrogen) atoms. The molecular weight excluding hydrogens is 325 g/mol. The molecule has 0 unspecified atom stereocenters. The van der Waals surface area contributed by atoms with Crippen molar-refractivity contribution in [1.29, 1.82) is 0 Å². The van der Waals surface area contributed by atoms with Crippen molar-refractivity contribution < 1.29 is 27.4 Å². The number of methoxy groups -OCH3 is 1. The molecule has 1 aromatic rings. The molecule has 0 saturated heterocycles. The SMILES string of the molecule is COc1ccccc1NC(=O)N[C@H]1CCC[C@@H](OCC(F)(F)F)C1. The third kappa shape index (κ3) is 5.92. The van der Waals surface area contributed by atoms with Crippen molar-refractivity contribution in [2.24, 2.45) is 0 Å². The van der Waals surface area contributed by atoms with Gasteiger partial charge in [-0.25, -0.2) is 4.79 Å². The quantitative estimate of drug-likeness (QED) is 0.854. The van der Waals surface area contributed by atoms with Gasteiger partial charge in [-0.15, -0.1) is 0 Å². The molecule has 2 N–H and O–H groups in total.